The van der Waals surface area contributed by atoms with Gasteiger partial charge in [-0.15, -0.1) is 0 Å². The number of nitrogens with zero attached hydrogens (tertiary/aromatic N) is 3. The predicted octanol–water partition coefficient (Wildman–Crippen LogP) is 6.23. The fourth-order valence-electron chi connectivity index (χ4n) is 4.24. The number of benzene rings is 2. The Morgan fingerprint density at radius 1 is 0.868 bits per heavy atom. The molecule has 2 aromatic rings. The van der Waals surface area contributed by atoms with E-state index in [1.54, 1.807) is 0 Å². The molecule has 0 fully saturated rings. The summed E-state index contributed by atoms with van der Waals surface area (Å²) in [6, 6.07) is 17.3. The molecule has 0 aliphatic heterocycles. The Morgan fingerprint density at radius 2 is 1.50 bits per heavy atom. The topological polar surface area (TPSA) is 35.8 Å². The van der Waals surface area contributed by atoms with Crippen molar-refractivity contribution in [3.8, 4) is 0 Å². The number of carbonyl (C=O) groups excluding carboxylic acids is 1. The van der Waals surface area contributed by atoms with Crippen molar-refractivity contribution in [2.45, 2.75) is 26.2 Å². The number of hydrogen-bond acceptors (Lipinski definition) is 4. The fourth-order valence-corrected chi connectivity index (χ4v) is 4.24. The molecule has 2 aromatic carbocycles. The van der Waals surface area contributed by atoms with Crippen molar-refractivity contribution < 1.29 is 14.1 Å². The summed E-state index contributed by atoms with van der Waals surface area (Å²) in [6.45, 7) is 3.19. The first-order valence-electron chi connectivity index (χ1n) is 13.4. The van der Waals surface area contributed by atoms with Crippen LogP contribution in [-0.2, 0) is 9.53 Å². The molecule has 0 atom stereocenters. The van der Waals surface area contributed by atoms with Crippen LogP contribution in [0.3, 0.4) is 0 Å². The van der Waals surface area contributed by atoms with Crippen LogP contribution in [0, 0.1) is 0 Å². The zero-order valence-electron chi connectivity index (χ0n) is 23.8. The zero-order chi connectivity index (χ0) is 27.5. The molecule has 5 nitrogen and oxygen atoms in total. The summed E-state index contributed by atoms with van der Waals surface area (Å²) in [5.41, 5.74) is 8.23. The number of hydrogen-bond donors (Lipinski definition) is 0. The van der Waals surface area contributed by atoms with Gasteiger partial charge < -0.3 is 14.5 Å². The smallest absolute Gasteiger partial charge is 0.305 e. The van der Waals surface area contributed by atoms with Crippen molar-refractivity contribution >= 4 is 34.7 Å². The molecule has 0 aromatic heterocycles. The first-order chi connectivity index (χ1) is 18.3. The highest BCUT2D eigenvalue weighted by Crippen LogP contribution is 2.27. The van der Waals surface area contributed by atoms with E-state index in [0.29, 0.717) is 13.0 Å². The number of unbranched alkanes of at least 4 members (excludes halogenated alkanes) is 1. The first-order valence-corrected chi connectivity index (χ1v) is 13.4. The van der Waals surface area contributed by atoms with Crippen LogP contribution in [0.1, 0.15) is 37.3 Å². The minimum Gasteiger partial charge on any atom is -0.466 e. The summed E-state index contributed by atoms with van der Waals surface area (Å²) < 4.78 is 7.12. The molecule has 0 heterocycles. The maximum atomic E-state index is 11.5. The molecule has 0 saturated heterocycles. The van der Waals surface area contributed by atoms with Gasteiger partial charge in [-0.2, -0.15) is 0 Å². The summed E-state index contributed by atoms with van der Waals surface area (Å²) in [4.78, 5) is 15.9. The maximum absolute atomic E-state index is 11.5. The molecule has 3 rings (SSSR count). The lowest BCUT2D eigenvalue weighted by Gasteiger charge is -2.19. The SMILES string of the molecule is CCOC(=O)CCCCN(C)c1ccc(C=CC(=C2C=CC(=[N+](C)C)C=C2)c2ccc(N(C)C)cc2)cc1. The van der Waals surface area contributed by atoms with Crippen molar-refractivity contribution in [1.82, 2.24) is 0 Å². The van der Waals surface area contributed by atoms with Gasteiger partial charge >= 0.3 is 5.97 Å². The maximum Gasteiger partial charge on any atom is 0.305 e. The Hall–Kier alpha value is -3.86. The van der Waals surface area contributed by atoms with E-state index in [2.05, 4.69) is 135 Å². The lowest BCUT2D eigenvalue weighted by molar-refractivity contribution is -0.462. The van der Waals surface area contributed by atoms with Crippen LogP contribution in [0.15, 0.2) is 84.5 Å². The normalized spacial score (nSPS) is 12.7. The van der Waals surface area contributed by atoms with Crippen LogP contribution >= 0.6 is 0 Å². The number of esters is 1. The van der Waals surface area contributed by atoms with Gasteiger partial charge in [-0.05, 0) is 78.5 Å². The fraction of sp³-hybridized carbons (Fsp3) is 0.333. The van der Waals surface area contributed by atoms with Crippen LogP contribution < -0.4 is 9.80 Å². The third-order valence-corrected chi connectivity index (χ3v) is 6.60. The second-order valence-corrected chi connectivity index (χ2v) is 9.90. The van der Waals surface area contributed by atoms with Crippen molar-refractivity contribution in [2.75, 3.05) is 58.2 Å². The molecule has 1 aliphatic carbocycles. The van der Waals surface area contributed by atoms with Gasteiger partial charge in [-0.1, -0.05) is 36.4 Å². The summed E-state index contributed by atoms with van der Waals surface area (Å²) in [7, 11) is 10.3. The second-order valence-electron chi connectivity index (χ2n) is 9.90. The molecule has 0 bridgehead atoms. The highest BCUT2D eigenvalue weighted by Gasteiger charge is 2.10. The highest BCUT2D eigenvalue weighted by molar-refractivity contribution is 6.03. The summed E-state index contributed by atoms with van der Waals surface area (Å²) >= 11 is 0. The van der Waals surface area contributed by atoms with Gasteiger partial charge in [0, 0.05) is 57.6 Å². The van der Waals surface area contributed by atoms with E-state index >= 15 is 0 Å². The monoisotopic (exact) mass is 512 g/mol. The lowest BCUT2D eigenvalue weighted by Crippen LogP contribution is -2.18. The molecule has 200 valence electrons. The van der Waals surface area contributed by atoms with Crippen molar-refractivity contribution in [1.29, 1.82) is 0 Å². The Labute approximate surface area is 228 Å². The Morgan fingerprint density at radius 3 is 2.08 bits per heavy atom. The molecule has 38 heavy (non-hydrogen) atoms. The van der Waals surface area contributed by atoms with Crippen molar-refractivity contribution in [3.63, 3.8) is 0 Å². The van der Waals surface area contributed by atoms with Gasteiger partial charge in [-0.25, -0.2) is 4.58 Å². The third kappa shape index (κ3) is 8.34. The van der Waals surface area contributed by atoms with Crippen LogP contribution in [0.2, 0.25) is 0 Å². The average Bonchev–Trinajstić information content (AvgIpc) is 2.92. The Balaban J connectivity index is 1.74. The number of rotatable bonds is 11. The second kappa shape index (κ2) is 14.2. The van der Waals surface area contributed by atoms with E-state index < -0.39 is 0 Å². The molecule has 1 aliphatic rings. The molecule has 0 spiro atoms. The van der Waals surface area contributed by atoms with E-state index in [-0.39, 0.29) is 5.97 Å². The van der Waals surface area contributed by atoms with Crippen molar-refractivity contribution in [2.24, 2.45) is 0 Å². The van der Waals surface area contributed by atoms with Crippen LogP contribution in [0.5, 0.6) is 0 Å². The molecule has 5 heteroatoms. The van der Waals surface area contributed by atoms with E-state index in [1.165, 1.54) is 33.8 Å². The molecule has 0 N–H and O–H groups in total. The third-order valence-electron chi connectivity index (χ3n) is 6.60. The van der Waals surface area contributed by atoms with Crippen molar-refractivity contribution in [3.05, 3.63) is 95.6 Å². The molecule has 0 radical (unpaired) electrons. The number of carbonyl (C=O) groups is 1. The minimum atomic E-state index is -0.107. The number of ether oxygens (including phenoxy) is 1. The van der Waals surface area contributed by atoms with Crippen LogP contribution in [-0.4, -0.2) is 64.6 Å². The molecular weight excluding hydrogens is 470 g/mol. The standard InChI is InChI=1S/C33H42N3O2/c1-7-38-33(37)10-8-9-25-36(6)31-18-11-26(12-19-31)13-24-32(27-14-20-29(21-15-27)34(2)3)28-16-22-30(23-17-28)35(4)5/h11-24H,7-10,25H2,1-6H3/q+1. The highest BCUT2D eigenvalue weighted by atomic mass is 16.5. The van der Waals surface area contributed by atoms with Gasteiger partial charge in [0.1, 0.15) is 14.1 Å². The Kier molecular flexibility index (Phi) is 10.7. The van der Waals surface area contributed by atoms with E-state index in [9.17, 15) is 4.79 Å². The van der Waals surface area contributed by atoms with Crippen LogP contribution in [0.25, 0.3) is 11.6 Å². The minimum absolute atomic E-state index is 0.107. The van der Waals surface area contributed by atoms with E-state index in [1.807, 2.05) is 6.92 Å². The van der Waals surface area contributed by atoms with Gasteiger partial charge in [-0.3, -0.25) is 4.79 Å². The zero-order valence-corrected chi connectivity index (χ0v) is 23.8. The number of anilines is 2. The lowest BCUT2D eigenvalue weighted by atomic mass is 9.95. The van der Waals surface area contributed by atoms with Crippen LogP contribution in [0.4, 0.5) is 11.4 Å². The van der Waals surface area contributed by atoms with Gasteiger partial charge in [0.2, 0.25) is 0 Å². The predicted molar refractivity (Wildman–Crippen MR) is 162 cm³/mol. The average molecular weight is 513 g/mol. The van der Waals surface area contributed by atoms with E-state index in [4.69, 9.17) is 4.74 Å². The van der Waals surface area contributed by atoms with Gasteiger partial charge in [0.25, 0.3) is 0 Å². The quantitative estimate of drug-likeness (QED) is 0.203. The summed E-state index contributed by atoms with van der Waals surface area (Å²) in [6.07, 6.45) is 15.4. The molecule has 0 unspecified atom stereocenters. The molecule has 0 saturated carbocycles. The van der Waals surface area contributed by atoms with E-state index in [0.717, 1.165) is 24.9 Å². The Bertz CT molecular complexity index is 1210. The molecular formula is C33H42N3O2+. The summed E-state index contributed by atoms with van der Waals surface area (Å²) in [5, 5.41) is 0. The summed E-state index contributed by atoms with van der Waals surface area (Å²) in [5.74, 6) is -0.107. The van der Waals surface area contributed by atoms with Gasteiger partial charge in [0.15, 0.2) is 5.71 Å². The first kappa shape index (κ1) is 28.7. The number of allylic oxidation sites excluding steroid dienone is 7. The molecule has 0 amide bonds. The van der Waals surface area contributed by atoms with Gasteiger partial charge in [0.05, 0.1) is 6.61 Å². The largest absolute Gasteiger partial charge is 0.466 e.